The lowest BCUT2D eigenvalue weighted by Gasteiger charge is -2.09. The van der Waals surface area contributed by atoms with Gasteiger partial charge in [-0.15, -0.1) is 0 Å². The van der Waals surface area contributed by atoms with Gasteiger partial charge in [0.15, 0.2) is 0 Å². The minimum absolute atomic E-state index is 0.446. The van der Waals surface area contributed by atoms with E-state index in [1.165, 1.54) is 15.6 Å². The number of hydrogen-bond acceptors (Lipinski definition) is 1. The monoisotopic (exact) mass is 227 g/mol. The molecule has 2 heteroatoms. The summed E-state index contributed by atoms with van der Waals surface area (Å²) in [5.74, 6) is 0.446. The lowest BCUT2D eigenvalue weighted by Crippen LogP contribution is -2.08. The van der Waals surface area contributed by atoms with Crippen LogP contribution in [0.5, 0.6) is 0 Å². The predicted octanol–water partition coefficient (Wildman–Crippen LogP) is 2.82. The smallest absolute Gasteiger partial charge is 0.0207 e. The highest BCUT2D eigenvalue weighted by Gasteiger charge is 2.03. The Labute approximate surface area is 82.1 Å². The molecule has 12 heavy (non-hydrogen) atoms. The van der Waals surface area contributed by atoms with Crippen LogP contribution in [0.3, 0.4) is 0 Å². The summed E-state index contributed by atoms with van der Waals surface area (Å²) >= 11 is 3.50. The van der Waals surface area contributed by atoms with Crippen molar-refractivity contribution in [1.82, 2.24) is 0 Å². The molecule has 2 N–H and O–H groups in total. The second-order valence-corrected chi connectivity index (χ2v) is 4.00. The minimum Gasteiger partial charge on any atom is -0.330 e. The van der Waals surface area contributed by atoms with Crippen LogP contribution in [0.25, 0.3) is 0 Å². The van der Waals surface area contributed by atoms with Crippen LogP contribution in [0.4, 0.5) is 0 Å². The molecule has 0 bridgehead atoms. The van der Waals surface area contributed by atoms with Gasteiger partial charge >= 0.3 is 0 Å². The van der Waals surface area contributed by atoms with Gasteiger partial charge in [-0.2, -0.15) is 0 Å². The van der Waals surface area contributed by atoms with Gasteiger partial charge in [-0.3, -0.25) is 0 Å². The zero-order chi connectivity index (χ0) is 9.14. The van der Waals surface area contributed by atoms with Gasteiger partial charge in [0.25, 0.3) is 0 Å². The van der Waals surface area contributed by atoms with Gasteiger partial charge in [-0.05, 0) is 36.6 Å². The number of halogens is 1. The Hall–Kier alpha value is -0.340. The topological polar surface area (TPSA) is 26.0 Å². The Kier molecular flexibility index (Phi) is 3.29. The average molecular weight is 228 g/mol. The first-order valence-electron chi connectivity index (χ1n) is 4.11. The standard InChI is InChI=1S/C10H14BrN/c1-7-3-4-9(5-10(7)11)8(2)6-12/h3-5,8H,6,12H2,1-2H3. The molecule has 0 amide bonds. The fourth-order valence-corrected chi connectivity index (χ4v) is 1.45. The van der Waals surface area contributed by atoms with E-state index in [-0.39, 0.29) is 0 Å². The summed E-state index contributed by atoms with van der Waals surface area (Å²) < 4.78 is 1.17. The number of benzene rings is 1. The van der Waals surface area contributed by atoms with Crippen LogP contribution in [0.15, 0.2) is 22.7 Å². The quantitative estimate of drug-likeness (QED) is 0.827. The van der Waals surface area contributed by atoms with Crippen molar-refractivity contribution in [2.24, 2.45) is 5.73 Å². The Morgan fingerprint density at radius 1 is 1.50 bits per heavy atom. The Morgan fingerprint density at radius 3 is 2.67 bits per heavy atom. The molecule has 0 saturated heterocycles. The van der Waals surface area contributed by atoms with Gasteiger partial charge in [-0.1, -0.05) is 35.0 Å². The van der Waals surface area contributed by atoms with Crippen molar-refractivity contribution in [1.29, 1.82) is 0 Å². The molecule has 1 aromatic carbocycles. The second-order valence-electron chi connectivity index (χ2n) is 3.15. The summed E-state index contributed by atoms with van der Waals surface area (Å²) in [5, 5.41) is 0. The van der Waals surface area contributed by atoms with Gasteiger partial charge in [0.1, 0.15) is 0 Å². The Bertz CT molecular complexity index is 271. The summed E-state index contributed by atoms with van der Waals surface area (Å²) in [6, 6.07) is 6.40. The average Bonchev–Trinajstić information content (AvgIpc) is 2.08. The third-order valence-corrected chi connectivity index (χ3v) is 2.97. The summed E-state index contributed by atoms with van der Waals surface area (Å²) in [6.07, 6.45) is 0. The van der Waals surface area contributed by atoms with Gasteiger partial charge in [0, 0.05) is 4.47 Å². The molecule has 1 aromatic rings. The van der Waals surface area contributed by atoms with Crippen molar-refractivity contribution in [3.63, 3.8) is 0 Å². The van der Waals surface area contributed by atoms with E-state index in [0.29, 0.717) is 12.5 Å². The summed E-state index contributed by atoms with van der Waals surface area (Å²) in [7, 11) is 0. The van der Waals surface area contributed by atoms with Crippen LogP contribution in [0, 0.1) is 6.92 Å². The molecule has 0 saturated carbocycles. The molecule has 1 unspecified atom stereocenters. The summed E-state index contributed by atoms with van der Waals surface area (Å²) in [4.78, 5) is 0. The van der Waals surface area contributed by atoms with Gasteiger partial charge in [-0.25, -0.2) is 0 Å². The Balaban J connectivity index is 2.96. The molecular formula is C10H14BrN. The maximum Gasteiger partial charge on any atom is 0.0207 e. The summed E-state index contributed by atoms with van der Waals surface area (Å²) in [5.41, 5.74) is 8.14. The second kappa shape index (κ2) is 4.06. The lowest BCUT2D eigenvalue weighted by atomic mass is 10.0. The largest absolute Gasteiger partial charge is 0.330 e. The number of aryl methyl sites for hydroxylation is 1. The van der Waals surface area contributed by atoms with Crippen molar-refractivity contribution in [2.75, 3.05) is 6.54 Å². The van der Waals surface area contributed by atoms with E-state index < -0.39 is 0 Å². The fourth-order valence-electron chi connectivity index (χ4n) is 1.05. The third-order valence-electron chi connectivity index (χ3n) is 2.12. The van der Waals surface area contributed by atoms with Gasteiger partial charge in [0.2, 0.25) is 0 Å². The van der Waals surface area contributed by atoms with E-state index in [1.54, 1.807) is 0 Å². The molecule has 1 rings (SSSR count). The molecule has 0 aromatic heterocycles. The van der Waals surface area contributed by atoms with Crippen LogP contribution in [-0.2, 0) is 0 Å². The van der Waals surface area contributed by atoms with Crippen molar-refractivity contribution in [2.45, 2.75) is 19.8 Å². The molecule has 1 atom stereocenters. The van der Waals surface area contributed by atoms with E-state index >= 15 is 0 Å². The summed E-state index contributed by atoms with van der Waals surface area (Å²) in [6.45, 7) is 4.92. The number of rotatable bonds is 2. The molecule has 1 nitrogen and oxygen atoms in total. The first-order valence-corrected chi connectivity index (χ1v) is 4.90. The Morgan fingerprint density at radius 2 is 2.17 bits per heavy atom. The van der Waals surface area contributed by atoms with Crippen LogP contribution >= 0.6 is 15.9 Å². The van der Waals surface area contributed by atoms with E-state index in [1.807, 2.05) is 0 Å². The van der Waals surface area contributed by atoms with E-state index in [4.69, 9.17) is 5.73 Å². The minimum atomic E-state index is 0.446. The highest BCUT2D eigenvalue weighted by Crippen LogP contribution is 2.22. The molecule has 0 aliphatic rings. The molecule has 0 fully saturated rings. The van der Waals surface area contributed by atoms with Crippen molar-refractivity contribution in [3.8, 4) is 0 Å². The SMILES string of the molecule is Cc1ccc(C(C)CN)cc1Br. The molecule has 0 heterocycles. The highest BCUT2D eigenvalue weighted by molar-refractivity contribution is 9.10. The van der Waals surface area contributed by atoms with Crippen molar-refractivity contribution < 1.29 is 0 Å². The molecule has 0 aliphatic heterocycles. The number of nitrogens with two attached hydrogens (primary N) is 1. The van der Waals surface area contributed by atoms with Gasteiger partial charge < -0.3 is 5.73 Å². The maximum atomic E-state index is 5.58. The zero-order valence-electron chi connectivity index (χ0n) is 7.47. The maximum absolute atomic E-state index is 5.58. The number of hydrogen-bond donors (Lipinski definition) is 1. The zero-order valence-corrected chi connectivity index (χ0v) is 9.06. The first-order chi connectivity index (χ1) is 5.65. The van der Waals surface area contributed by atoms with E-state index in [9.17, 15) is 0 Å². The molecule has 0 radical (unpaired) electrons. The molecule has 0 spiro atoms. The van der Waals surface area contributed by atoms with Crippen molar-refractivity contribution in [3.05, 3.63) is 33.8 Å². The van der Waals surface area contributed by atoms with Crippen molar-refractivity contribution >= 4 is 15.9 Å². The highest BCUT2D eigenvalue weighted by atomic mass is 79.9. The third kappa shape index (κ3) is 2.08. The molecule has 0 aliphatic carbocycles. The normalized spacial score (nSPS) is 13.0. The first kappa shape index (κ1) is 9.75. The van der Waals surface area contributed by atoms with Crippen LogP contribution < -0.4 is 5.73 Å². The van der Waals surface area contributed by atoms with Crippen LogP contribution in [0.1, 0.15) is 24.0 Å². The fraction of sp³-hybridized carbons (Fsp3) is 0.400. The van der Waals surface area contributed by atoms with Crippen LogP contribution in [-0.4, -0.2) is 6.54 Å². The van der Waals surface area contributed by atoms with E-state index in [0.717, 1.165) is 0 Å². The predicted molar refractivity (Wildman–Crippen MR) is 56.3 cm³/mol. The molecule has 66 valence electrons. The van der Waals surface area contributed by atoms with Gasteiger partial charge in [0.05, 0.1) is 0 Å². The van der Waals surface area contributed by atoms with Crippen LogP contribution in [0.2, 0.25) is 0 Å². The van der Waals surface area contributed by atoms with E-state index in [2.05, 4.69) is 48.0 Å². The molecular weight excluding hydrogens is 214 g/mol. The lowest BCUT2D eigenvalue weighted by molar-refractivity contribution is 0.773.